The summed E-state index contributed by atoms with van der Waals surface area (Å²) in [5, 5.41) is 0.0269. The molecule has 1 aromatic heterocycles. The second-order valence-electron chi connectivity index (χ2n) is 3.66. The predicted molar refractivity (Wildman–Crippen MR) is 65.0 cm³/mol. The Morgan fingerprint density at radius 2 is 1.74 bits per heavy atom. The Balaban J connectivity index is 3.49. The zero-order valence-corrected chi connectivity index (χ0v) is 11.6. The van der Waals surface area contributed by atoms with E-state index in [1.807, 2.05) is 0 Å². The molecule has 0 atom stereocenters. The largest absolute Gasteiger partial charge is 0.468 e. The maximum absolute atomic E-state index is 11.9. The minimum atomic E-state index is -1.79. The smallest absolute Gasteiger partial charge is 0.329 e. The van der Waals surface area contributed by atoms with Crippen molar-refractivity contribution in [3.05, 3.63) is 16.9 Å². The number of carbonyl (C=O) groups excluding carboxylic acids is 2. The highest BCUT2D eigenvalue weighted by Gasteiger charge is 2.48. The summed E-state index contributed by atoms with van der Waals surface area (Å²) in [6, 6.07) is -0.0292. The molecule has 0 unspecified atom stereocenters. The third-order valence-electron chi connectivity index (χ3n) is 2.57. The molecule has 1 aromatic rings. The van der Waals surface area contributed by atoms with Crippen LogP contribution in [0.25, 0.3) is 0 Å². The van der Waals surface area contributed by atoms with Crippen LogP contribution in [0.3, 0.4) is 0 Å². The van der Waals surface area contributed by atoms with Gasteiger partial charge in [-0.3, -0.25) is 9.59 Å². The van der Waals surface area contributed by atoms with Crippen LogP contribution in [-0.2, 0) is 24.5 Å². The molecule has 104 valence electrons. The molecule has 0 aliphatic carbocycles. The number of rotatable bonds is 4. The quantitative estimate of drug-likeness (QED) is 0.596. The lowest BCUT2D eigenvalue weighted by Crippen LogP contribution is -2.43. The number of hydrogen-bond acceptors (Lipinski definition) is 7. The summed E-state index contributed by atoms with van der Waals surface area (Å²) in [5.74, 6) is -1.69. The lowest BCUT2D eigenvalue weighted by Gasteiger charge is -2.23. The van der Waals surface area contributed by atoms with E-state index in [-0.39, 0.29) is 16.7 Å². The Morgan fingerprint density at radius 1 is 1.21 bits per heavy atom. The van der Waals surface area contributed by atoms with Gasteiger partial charge >= 0.3 is 17.9 Å². The van der Waals surface area contributed by atoms with Gasteiger partial charge in [0.15, 0.2) is 0 Å². The van der Waals surface area contributed by atoms with Gasteiger partial charge in [-0.2, -0.15) is 4.98 Å². The van der Waals surface area contributed by atoms with Gasteiger partial charge in [-0.1, -0.05) is 11.6 Å². The summed E-state index contributed by atoms with van der Waals surface area (Å²) in [6.07, 6.45) is 1.23. The van der Waals surface area contributed by atoms with E-state index >= 15 is 0 Å². The lowest BCUT2D eigenvalue weighted by molar-refractivity contribution is -0.161. The van der Waals surface area contributed by atoms with Crippen molar-refractivity contribution < 1.29 is 23.8 Å². The van der Waals surface area contributed by atoms with Crippen molar-refractivity contribution in [1.82, 2.24) is 9.97 Å². The highest BCUT2D eigenvalue weighted by atomic mass is 35.5. The van der Waals surface area contributed by atoms with Crippen molar-refractivity contribution in [2.75, 3.05) is 21.3 Å². The number of ether oxygens (including phenoxy) is 3. The van der Waals surface area contributed by atoms with Crippen LogP contribution in [0, 0.1) is 0 Å². The molecule has 0 spiro atoms. The Morgan fingerprint density at radius 3 is 2.16 bits per heavy atom. The topological polar surface area (TPSA) is 87.6 Å². The maximum Gasteiger partial charge on any atom is 0.329 e. The van der Waals surface area contributed by atoms with E-state index in [9.17, 15) is 9.59 Å². The fourth-order valence-electron chi connectivity index (χ4n) is 1.48. The van der Waals surface area contributed by atoms with Gasteiger partial charge in [-0.15, -0.1) is 0 Å². The van der Waals surface area contributed by atoms with Crippen molar-refractivity contribution in [1.29, 1.82) is 0 Å². The summed E-state index contributed by atoms with van der Waals surface area (Å²) in [4.78, 5) is 31.5. The summed E-state index contributed by atoms with van der Waals surface area (Å²) in [5.41, 5.74) is -1.84. The standard InChI is InChI=1S/C11H13ClN2O5/c1-11(8(15)17-2,9(16)18-3)7-6(12)5-13-10(14-7)19-4/h5H,1-4H3. The molecule has 0 aliphatic heterocycles. The zero-order valence-electron chi connectivity index (χ0n) is 10.9. The maximum atomic E-state index is 11.9. The van der Waals surface area contributed by atoms with Crippen LogP contribution >= 0.6 is 11.6 Å². The molecule has 0 aromatic carbocycles. The van der Waals surface area contributed by atoms with E-state index in [0.717, 1.165) is 14.2 Å². The molecule has 1 rings (SSSR count). The highest BCUT2D eigenvalue weighted by molar-refractivity contribution is 6.32. The predicted octanol–water partition coefficient (Wildman–Crippen LogP) is 0.742. The van der Waals surface area contributed by atoms with E-state index in [2.05, 4.69) is 19.4 Å². The number of aromatic nitrogens is 2. The molecule has 0 fully saturated rings. The number of nitrogens with zero attached hydrogens (tertiary/aromatic N) is 2. The summed E-state index contributed by atoms with van der Waals surface area (Å²) < 4.78 is 14.1. The van der Waals surface area contributed by atoms with Crippen LogP contribution in [0.4, 0.5) is 0 Å². The Hall–Kier alpha value is -1.89. The minimum Gasteiger partial charge on any atom is -0.468 e. The van der Waals surface area contributed by atoms with Crippen LogP contribution in [0.15, 0.2) is 6.20 Å². The molecule has 1 heterocycles. The number of halogens is 1. The zero-order chi connectivity index (χ0) is 14.6. The average Bonchev–Trinajstić information content (AvgIpc) is 2.45. The van der Waals surface area contributed by atoms with Crippen molar-refractivity contribution in [3.8, 4) is 6.01 Å². The second-order valence-corrected chi connectivity index (χ2v) is 4.07. The third kappa shape index (κ3) is 2.60. The molecular weight excluding hydrogens is 276 g/mol. The van der Waals surface area contributed by atoms with Crippen LogP contribution in [0.1, 0.15) is 12.6 Å². The summed E-state index contributed by atoms with van der Waals surface area (Å²) >= 11 is 5.94. The molecule has 0 N–H and O–H groups in total. The SMILES string of the molecule is COC(=O)C(C)(C(=O)OC)c1nc(OC)ncc1Cl. The molecule has 0 radical (unpaired) electrons. The lowest BCUT2D eigenvalue weighted by atomic mass is 9.86. The molecule has 0 saturated carbocycles. The Bertz CT molecular complexity index is 490. The fraction of sp³-hybridized carbons (Fsp3) is 0.455. The monoisotopic (exact) mass is 288 g/mol. The number of carbonyl (C=O) groups is 2. The van der Waals surface area contributed by atoms with Gasteiger partial charge in [-0.05, 0) is 6.92 Å². The van der Waals surface area contributed by atoms with Crippen molar-refractivity contribution in [2.45, 2.75) is 12.3 Å². The second kappa shape index (κ2) is 5.83. The van der Waals surface area contributed by atoms with Crippen LogP contribution in [0.5, 0.6) is 6.01 Å². The van der Waals surface area contributed by atoms with Crippen LogP contribution < -0.4 is 4.74 Å². The molecule has 8 heteroatoms. The highest BCUT2D eigenvalue weighted by Crippen LogP contribution is 2.31. The van der Waals surface area contributed by atoms with Gasteiger partial charge in [-0.25, -0.2) is 4.98 Å². The molecule has 7 nitrogen and oxygen atoms in total. The van der Waals surface area contributed by atoms with Crippen molar-refractivity contribution in [2.24, 2.45) is 0 Å². The van der Waals surface area contributed by atoms with Crippen LogP contribution in [0.2, 0.25) is 5.02 Å². The van der Waals surface area contributed by atoms with Crippen molar-refractivity contribution >= 4 is 23.5 Å². The van der Waals surface area contributed by atoms with Gasteiger partial charge in [0.2, 0.25) is 5.41 Å². The average molecular weight is 289 g/mol. The van der Waals surface area contributed by atoms with E-state index < -0.39 is 17.4 Å². The number of esters is 2. The first-order chi connectivity index (χ1) is 8.91. The molecule has 0 aliphatic rings. The Labute approximate surface area is 114 Å². The number of methoxy groups -OCH3 is 3. The van der Waals surface area contributed by atoms with Gasteiger partial charge in [0, 0.05) is 0 Å². The first-order valence-corrected chi connectivity index (χ1v) is 5.53. The fourth-order valence-corrected chi connectivity index (χ4v) is 1.76. The molecule has 19 heavy (non-hydrogen) atoms. The normalized spacial score (nSPS) is 10.8. The molecular formula is C11H13ClN2O5. The van der Waals surface area contributed by atoms with Gasteiger partial charge in [0.05, 0.1) is 38.2 Å². The van der Waals surface area contributed by atoms with Crippen molar-refractivity contribution in [3.63, 3.8) is 0 Å². The molecule has 0 saturated heterocycles. The molecule has 0 bridgehead atoms. The van der Waals surface area contributed by atoms with E-state index in [1.165, 1.54) is 20.2 Å². The van der Waals surface area contributed by atoms with E-state index in [0.29, 0.717) is 0 Å². The third-order valence-corrected chi connectivity index (χ3v) is 2.84. The van der Waals surface area contributed by atoms with E-state index in [4.69, 9.17) is 16.3 Å². The van der Waals surface area contributed by atoms with E-state index in [1.54, 1.807) is 0 Å². The molecule has 0 amide bonds. The summed E-state index contributed by atoms with van der Waals surface area (Å²) in [6.45, 7) is 1.30. The van der Waals surface area contributed by atoms with Gasteiger partial charge < -0.3 is 14.2 Å². The minimum absolute atomic E-state index is 0.0269. The Kier molecular flexibility index (Phi) is 4.66. The van der Waals surface area contributed by atoms with Gasteiger partial charge in [0.1, 0.15) is 0 Å². The van der Waals surface area contributed by atoms with Gasteiger partial charge in [0.25, 0.3) is 0 Å². The summed E-state index contributed by atoms with van der Waals surface area (Å²) in [7, 11) is 3.65. The van der Waals surface area contributed by atoms with Crippen LogP contribution in [-0.4, -0.2) is 43.2 Å². The number of hydrogen-bond donors (Lipinski definition) is 0. The first-order valence-electron chi connectivity index (χ1n) is 5.15. The first kappa shape index (κ1) is 15.2.